The highest BCUT2D eigenvalue weighted by atomic mass is 35.5. The van der Waals surface area contributed by atoms with E-state index in [0.717, 1.165) is 0 Å². The maximum Gasteiger partial charge on any atom is 0.417 e. The number of benzene rings is 2. The summed E-state index contributed by atoms with van der Waals surface area (Å²) >= 11 is 5.78. The maximum absolute atomic E-state index is 12.8. The molecular weight excluding hydrogens is 473 g/mol. The van der Waals surface area contributed by atoms with E-state index in [4.69, 9.17) is 21.1 Å². The number of carbonyl (C=O) groups is 2. The van der Waals surface area contributed by atoms with Crippen molar-refractivity contribution in [2.24, 2.45) is 0 Å². The third-order valence-corrected chi connectivity index (χ3v) is 4.76. The van der Waals surface area contributed by atoms with Crippen LogP contribution in [0.1, 0.15) is 16.7 Å². The zero-order valence-electron chi connectivity index (χ0n) is 17.7. The van der Waals surface area contributed by atoms with Gasteiger partial charge in [0, 0.05) is 6.20 Å². The minimum absolute atomic E-state index is 0.187. The average molecular weight is 491 g/mol. The largest absolute Gasteiger partial charge is 0.497 e. The number of carbonyl (C=O) groups excluding carboxylic acids is 2. The Morgan fingerprint density at radius 1 is 1.09 bits per heavy atom. The van der Waals surface area contributed by atoms with Gasteiger partial charge < -0.3 is 14.8 Å². The molecule has 6 nitrogen and oxygen atoms in total. The summed E-state index contributed by atoms with van der Waals surface area (Å²) in [5.74, 6) is -1.30. The molecule has 0 aliphatic heterocycles. The molecule has 0 bridgehead atoms. The van der Waals surface area contributed by atoms with Gasteiger partial charge in [-0.3, -0.25) is 4.79 Å². The number of alkyl halides is 3. The van der Waals surface area contributed by atoms with Crippen molar-refractivity contribution in [1.29, 1.82) is 0 Å². The first-order valence-corrected chi connectivity index (χ1v) is 10.2. The highest BCUT2D eigenvalue weighted by molar-refractivity contribution is 6.33. The fraction of sp³-hybridized carbons (Fsp3) is 0.125. The molecule has 1 N–H and O–H groups in total. The molecule has 3 rings (SSSR count). The minimum atomic E-state index is -4.63. The molecule has 2 aromatic carbocycles. The molecule has 0 unspecified atom stereocenters. The Kier molecular flexibility index (Phi) is 7.91. The molecule has 3 aromatic rings. The van der Waals surface area contributed by atoms with E-state index in [-0.39, 0.29) is 11.4 Å². The van der Waals surface area contributed by atoms with Crippen LogP contribution in [-0.2, 0) is 20.5 Å². The highest BCUT2D eigenvalue weighted by Crippen LogP contribution is 2.32. The summed E-state index contributed by atoms with van der Waals surface area (Å²) in [4.78, 5) is 28.5. The maximum atomic E-state index is 12.8. The molecule has 0 fully saturated rings. The second kappa shape index (κ2) is 10.8. The van der Waals surface area contributed by atoms with Crippen molar-refractivity contribution in [3.63, 3.8) is 0 Å². The number of pyridine rings is 1. The number of rotatable bonds is 7. The summed E-state index contributed by atoms with van der Waals surface area (Å²) in [5, 5.41) is 1.82. The predicted molar refractivity (Wildman–Crippen MR) is 121 cm³/mol. The van der Waals surface area contributed by atoms with Crippen molar-refractivity contribution in [3.8, 4) is 5.75 Å². The first-order valence-electron chi connectivity index (χ1n) is 9.78. The van der Waals surface area contributed by atoms with E-state index in [2.05, 4.69) is 10.3 Å². The summed E-state index contributed by atoms with van der Waals surface area (Å²) in [7, 11) is 1.52. The lowest BCUT2D eigenvalue weighted by atomic mass is 10.0. The monoisotopic (exact) mass is 490 g/mol. The molecule has 0 saturated carbocycles. The summed E-state index contributed by atoms with van der Waals surface area (Å²) in [6, 6.07) is 16.3. The first-order chi connectivity index (χ1) is 16.2. The Morgan fingerprint density at radius 2 is 1.82 bits per heavy atom. The van der Waals surface area contributed by atoms with E-state index in [0.29, 0.717) is 29.1 Å². The molecule has 0 radical (unpaired) electrons. The number of aromatic nitrogens is 1. The smallest absolute Gasteiger partial charge is 0.417 e. The molecule has 1 amide bonds. The van der Waals surface area contributed by atoms with Gasteiger partial charge >= 0.3 is 12.1 Å². The second-order valence-corrected chi connectivity index (χ2v) is 7.28. The fourth-order valence-corrected chi connectivity index (χ4v) is 3.05. The van der Waals surface area contributed by atoms with Gasteiger partial charge in [-0.25, -0.2) is 9.78 Å². The average Bonchev–Trinajstić information content (AvgIpc) is 2.82. The van der Waals surface area contributed by atoms with Crippen molar-refractivity contribution in [2.75, 3.05) is 19.0 Å². The zero-order valence-corrected chi connectivity index (χ0v) is 18.5. The van der Waals surface area contributed by atoms with Gasteiger partial charge in [0.1, 0.15) is 5.75 Å². The first kappa shape index (κ1) is 24.8. The summed E-state index contributed by atoms with van der Waals surface area (Å²) in [5.41, 5.74) is 0.355. The molecule has 0 aliphatic rings. The third-order valence-electron chi connectivity index (χ3n) is 4.47. The minimum Gasteiger partial charge on any atom is -0.497 e. The highest BCUT2D eigenvalue weighted by Gasteiger charge is 2.31. The Labute approximate surface area is 198 Å². The molecule has 0 aliphatic carbocycles. The summed E-state index contributed by atoms with van der Waals surface area (Å²) in [6.07, 6.45) is -2.50. The quantitative estimate of drug-likeness (QED) is 0.269. The van der Waals surface area contributed by atoms with E-state index in [9.17, 15) is 22.8 Å². The van der Waals surface area contributed by atoms with Crippen LogP contribution in [0.25, 0.3) is 11.6 Å². The standard InChI is InChI=1S/C24H18ClF3N2O4/c1-33-18-9-5-6-15(10-18)11-19(16-7-3-2-4-8-16)23(32)34-14-21(31)30-22-20(25)12-17(13-29-22)24(26,27)28/h2-13H,14H2,1H3,(H,29,30,31). The van der Waals surface area contributed by atoms with Crippen molar-refractivity contribution >= 4 is 40.9 Å². The molecule has 10 heteroatoms. The number of nitrogens with zero attached hydrogens (tertiary/aromatic N) is 1. The summed E-state index contributed by atoms with van der Waals surface area (Å²) in [6.45, 7) is -0.708. The number of methoxy groups -OCH3 is 1. The van der Waals surface area contributed by atoms with E-state index in [1.807, 2.05) is 0 Å². The van der Waals surface area contributed by atoms with E-state index >= 15 is 0 Å². The Morgan fingerprint density at radius 3 is 2.47 bits per heavy atom. The Bertz CT molecular complexity index is 1210. The lowest BCUT2D eigenvalue weighted by Crippen LogP contribution is -2.22. The molecule has 176 valence electrons. The lowest BCUT2D eigenvalue weighted by molar-refractivity contribution is -0.141. The van der Waals surface area contributed by atoms with Crippen LogP contribution in [0.3, 0.4) is 0 Å². The van der Waals surface area contributed by atoms with Crippen molar-refractivity contribution in [2.45, 2.75) is 6.18 Å². The topological polar surface area (TPSA) is 77.5 Å². The number of anilines is 1. The van der Waals surface area contributed by atoms with E-state index < -0.39 is 35.2 Å². The van der Waals surface area contributed by atoms with Crippen LogP contribution < -0.4 is 10.1 Å². The molecule has 34 heavy (non-hydrogen) atoms. The normalized spacial score (nSPS) is 11.6. The Hall–Kier alpha value is -3.85. The SMILES string of the molecule is COc1cccc(C=C(C(=O)OCC(=O)Nc2ncc(C(F)(F)F)cc2Cl)c2ccccc2)c1. The van der Waals surface area contributed by atoms with Gasteiger partial charge in [0.25, 0.3) is 5.91 Å². The van der Waals surface area contributed by atoms with Crippen molar-refractivity contribution in [1.82, 2.24) is 4.98 Å². The molecule has 1 aromatic heterocycles. The number of nitrogens with one attached hydrogen (secondary N) is 1. The lowest BCUT2D eigenvalue weighted by Gasteiger charge is -2.11. The predicted octanol–water partition coefficient (Wildman–Crippen LogP) is 5.48. The van der Waals surface area contributed by atoms with Crippen LogP contribution in [0.4, 0.5) is 19.0 Å². The fourth-order valence-electron chi connectivity index (χ4n) is 2.84. The number of halogens is 4. The number of ether oxygens (including phenoxy) is 2. The molecule has 0 atom stereocenters. The van der Waals surface area contributed by atoms with Gasteiger partial charge in [-0.15, -0.1) is 0 Å². The van der Waals surface area contributed by atoms with Crippen LogP contribution in [0, 0.1) is 0 Å². The molecule has 0 saturated heterocycles. The third kappa shape index (κ3) is 6.58. The van der Waals surface area contributed by atoms with Crippen LogP contribution in [-0.4, -0.2) is 30.6 Å². The van der Waals surface area contributed by atoms with Crippen LogP contribution >= 0.6 is 11.6 Å². The number of amides is 1. The molecular formula is C24H18ClF3N2O4. The van der Waals surface area contributed by atoms with Crippen molar-refractivity contribution in [3.05, 3.63) is 88.6 Å². The number of hydrogen-bond acceptors (Lipinski definition) is 5. The zero-order chi connectivity index (χ0) is 24.7. The van der Waals surface area contributed by atoms with E-state index in [1.54, 1.807) is 60.7 Å². The van der Waals surface area contributed by atoms with Gasteiger partial charge in [-0.2, -0.15) is 13.2 Å². The van der Waals surface area contributed by atoms with E-state index in [1.165, 1.54) is 7.11 Å². The van der Waals surface area contributed by atoms with Gasteiger partial charge in [-0.05, 0) is 35.4 Å². The van der Waals surface area contributed by atoms with Gasteiger partial charge in [0.15, 0.2) is 12.4 Å². The van der Waals surface area contributed by atoms with Gasteiger partial charge in [-0.1, -0.05) is 54.1 Å². The van der Waals surface area contributed by atoms with Crippen LogP contribution in [0.5, 0.6) is 5.75 Å². The van der Waals surface area contributed by atoms with Gasteiger partial charge in [0.2, 0.25) is 0 Å². The van der Waals surface area contributed by atoms with Gasteiger partial charge in [0.05, 0.1) is 23.3 Å². The van der Waals surface area contributed by atoms with Crippen LogP contribution in [0.2, 0.25) is 5.02 Å². The second-order valence-electron chi connectivity index (χ2n) is 6.88. The van der Waals surface area contributed by atoms with Crippen molar-refractivity contribution < 1.29 is 32.2 Å². The van der Waals surface area contributed by atoms with Crippen LogP contribution in [0.15, 0.2) is 66.9 Å². The number of hydrogen-bond donors (Lipinski definition) is 1. The Balaban J connectivity index is 1.73. The molecule has 1 heterocycles. The number of esters is 1. The summed E-state index contributed by atoms with van der Waals surface area (Å²) < 4.78 is 48.5. The molecule has 0 spiro atoms.